The van der Waals surface area contributed by atoms with Crippen LogP contribution in [0.15, 0.2) is 29.0 Å². The van der Waals surface area contributed by atoms with E-state index in [-0.39, 0.29) is 6.08 Å². The Kier molecular flexibility index (Phi) is 2.98. The molecule has 5 heteroatoms. The van der Waals surface area contributed by atoms with Crippen molar-refractivity contribution in [2.75, 3.05) is 0 Å². The fourth-order valence-electron chi connectivity index (χ4n) is 1.62. The maximum atomic E-state index is 5.54. The van der Waals surface area contributed by atoms with E-state index in [1.54, 1.807) is 12.5 Å². The van der Waals surface area contributed by atoms with Crippen LogP contribution in [0.5, 0.6) is 11.8 Å². The van der Waals surface area contributed by atoms with Gasteiger partial charge in [0.15, 0.2) is 5.75 Å². The molecule has 0 spiro atoms. The van der Waals surface area contributed by atoms with Gasteiger partial charge in [-0.25, -0.2) is 0 Å². The molecule has 0 atom stereocenters. The summed E-state index contributed by atoms with van der Waals surface area (Å²) in [6.45, 7) is 2.61. The van der Waals surface area contributed by atoms with Crippen LogP contribution in [0, 0.1) is 6.92 Å². The Morgan fingerprint density at radius 2 is 2.39 bits per heavy atom. The van der Waals surface area contributed by atoms with Crippen LogP contribution >= 0.6 is 0 Å². The van der Waals surface area contributed by atoms with Crippen molar-refractivity contribution in [3.05, 3.63) is 36.0 Å². The normalized spacial score (nSPS) is 14.7. The number of nitrogens with one attached hydrogen (secondary N) is 1. The topological polar surface area (TPSA) is 60.2 Å². The van der Waals surface area contributed by atoms with Crippen LogP contribution in [0.4, 0.5) is 0 Å². The molecular formula is C13H15N3O2. The molecule has 1 saturated carbocycles. The molecular weight excluding hydrogens is 230 g/mol. The van der Waals surface area contributed by atoms with E-state index < -0.39 is 0 Å². The summed E-state index contributed by atoms with van der Waals surface area (Å²) in [5.41, 5.74) is 1.67. The number of ether oxygens (including phenoxy) is 1. The molecule has 2 aromatic rings. The minimum Gasteiger partial charge on any atom is -0.417 e. The van der Waals surface area contributed by atoms with Crippen molar-refractivity contribution in [2.24, 2.45) is 0 Å². The Hall–Kier alpha value is -1.88. The number of pyridine rings is 1. The zero-order chi connectivity index (χ0) is 12.4. The van der Waals surface area contributed by atoms with Gasteiger partial charge in [-0.3, -0.25) is 4.98 Å². The summed E-state index contributed by atoms with van der Waals surface area (Å²) >= 11 is 0. The fourth-order valence-corrected chi connectivity index (χ4v) is 1.62. The molecule has 1 fully saturated rings. The molecule has 94 valence electrons. The van der Waals surface area contributed by atoms with E-state index in [1.807, 2.05) is 19.1 Å². The largest absolute Gasteiger partial charge is 0.417 e. The second-order valence-electron chi connectivity index (χ2n) is 4.45. The van der Waals surface area contributed by atoms with Crippen molar-refractivity contribution in [1.82, 2.24) is 15.3 Å². The molecule has 18 heavy (non-hydrogen) atoms. The monoisotopic (exact) mass is 245 g/mol. The number of aryl methyl sites for hydroxylation is 1. The van der Waals surface area contributed by atoms with E-state index >= 15 is 0 Å². The van der Waals surface area contributed by atoms with E-state index in [4.69, 9.17) is 9.15 Å². The van der Waals surface area contributed by atoms with E-state index in [0.29, 0.717) is 11.8 Å². The molecule has 2 heterocycles. The Morgan fingerprint density at radius 3 is 3.17 bits per heavy atom. The molecule has 2 aromatic heterocycles. The first-order valence-electron chi connectivity index (χ1n) is 6.08. The maximum Gasteiger partial charge on any atom is 0.399 e. The molecule has 0 amide bonds. The number of rotatable bonds is 5. The molecule has 0 aliphatic heterocycles. The van der Waals surface area contributed by atoms with Gasteiger partial charge in [0.1, 0.15) is 6.26 Å². The molecule has 0 unspecified atom stereocenters. The van der Waals surface area contributed by atoms with Crippen molar-refractivity contribution >= 4 is 0 Å². The van der Waals surface area contributed by atoms with Gasteiger partial charge in [-0.15, -0.1) is 0 Å². The smallest absolute Gasteiger partial charge is 0.399 e. The standard InChI is InChI=1S/C13H15N3O2/c1-9-12(3-2-6-14-9)18-13-16-11(8-17-13)7-15-10-4-5-10/h2-3,6,8,10,15H,4-5,7H2,1H3. The molecule has 5 nitrogen and oxygen atoms in total. The third kappa shape index (κ3) is 2.68. The number of nitrogens with zero attached hydrogens (tertiary/aromatic N) is 2. The lowest BCUT2D eigenvalue weighted by atomic mass is 10.3. The fraction of sp³-hybridized carbons (Fsp3) is 0.385. The number of oxazole rings is 1. The van der Waals surface area contributed by atoms with Crippen molar-refractivity contribution in [2.45, 2.75) is 32.4 Å². The second-order valence-corrected chi connectivity index (χ2v) is 4.45. The van der Waals surface area contributed by atoms with Crippen LogP contribution < -0.4 is 10.1 Å². The molecule has 0 aromatic carbocycles. The number of hydrogen-bond donors (Lipinski definition) is 1. The van der Waals surface area contributed by atoms with Crippen molar-refractivity contribution in [3.63, 3.8) is 0 Å². The first-order valence-corrected chi connectivity index (χ1v) is 6.08. The lowest BCUT2D eigenvalue weighted by molar-refractivity contribution is 0.328. The molecule has 1 N–H and O–H groups in total. The van der Waals surface area contributed by atoms with Gasteiger partial charge in [0, 0.05) is 18.8 Å². The van der Waals surface area contributed by atoms with Crippen LogP contribution in [-0.4, -0.2) is 16.0 Å². The minimum absolute atomic E-state index is 0.263. The lowest BCUT2D eigenvalue weighted by Crippen LogP contribution is -2.15. The highest BCUT2D eigenvalue weighted by atomic mass is 16.6. The quantitative estimate of drug-likeness (QED) is 0.876. The van der Waals surface area contributed by atoms with E-state index in [0.717, 1.165) is 17.9 Å². The highest BCUT2D eigenvalue weighted by molar-refractivity contribution is 5.27. The summed E-state index contributed by atoms with van der Waals surface area (Å²) in [6, 6.07) is 4.32. The predicted molar refractivity (Wildman–Crippen MR) is 65.4 cm³/mol. The molecule has 1 aliphatic carbocycles. The Labute approximate surface area is 105 Å². The summed E-state index contributed by atoms with van der Waals surface area (Å²) in [5.74, 6) is 0.668. The van der Waals surface area contributed by atoms with Gasteiger partial charge in [0.2, 0.25) is 0 Å². The van der Waals surface area contributed by atoms with Crippen molar-refractivity contribution in [1.29, 1.82) is 0 Å². The second kappa shape index (κ2) is 4.78. The van der Waals surface area contributed by atoms with Crippen LogP contribution in [-0.2, 0) is 6.54 Å². The zero-order valence-electron chi connectivity index (χ0n) is 10.2. The highest BCUT2D eigenvalue weighted by Gasteiger charge is 2.20. The Morgan fingerprint density at radius 1 is 1.50 bits per heavy atom. The van der Waals surface area contributed by atoms with E-state index in [1.165, 1.54) is 12.8 Å². The summed E-state index contributed by atoms with van der Waals surface area (Å²) in [4.78, 5) is 8.41. The number of hydrogen-bond acceptors (Lipinski definition) is 5. The average Bonchev–Trinajstić information content (AvgIpc) is 3.10. The highest BCUT2D eigenvalue weighted by Crippen LogP contribution is 2.23. The van der Waals surface area contributed by atoms with E-state index in [2.05, 4.69) is 15.3 Å². The average molecular weight is 245 g/mol. The van der Waals surface area contributed by atoms with Gasteiger partial charge in [0.25, 0.3) is 0 Å². The summed E-state index contributed by atoms with van der Waals surface area (Å²) in [5, 5.41) is 3.37. The molecule has 0 saturated heterocycles. The van der Waals surface area contributed by atoms with Gasteiger partial charge >= 0.3 is 6.08 Å². The zero-order valence-corrected chi connectivity index (χ0v) is 10.2. The molecule has 0 radical (unpaired) electrons. The van der Waals surface area contributed by atoms with Crippen LogP contribution in [0.25, 0.3) is 0 Å². The Bertz CT molecular complexity index is 535. The summed E-state index contributed by atoms with van der Waals surface area (Å²) in [7, 11) is 0. The van der Waals surface area contributed by atoms with Crippen LogP contribution in [0.3, 0.4) is 0 Å². The Balaban J connectivity index is 1.63. The molecule has 3 rings (SSSR count). The first-order chi connectivity index (χ1) is 8.81. The lowest BCUT2D eigenvalue weighted by Gasteiger charge is -2.02. The third-order valence-corrected chi connectivity index (χ3v) is 2.84. The first kappa shape index (κ1) is 11.2. The van der Waals surface area contributed by atoms with Gasteiger partial charge in [0.05, 0.1) is 11.4 Å². The van der Waals surface area contributed by atoms with Crippen LogP contribution in [0.2, 0.25) is 0 Å². The van der Waals surface area contributed by atoms with Crippen LogP contribution in [0.1, 0.15) is 24.2 Å². The van der Waals surface area contributed by atoms with E-state index in [9.17, 15) is 0 Å². The van der Waals surface area contributed by atoms with Crippen molar-refractivity contribution in [3.8, 4) is 11.8 Å². The summed E-state index contributed by atoms with van der Waals surface area (Å²) < 4.78 is 10.8. The third-order valence-electron chi connectivity index (χ3n) is 2.84. The van der Waals surface area contributed by atoms with Gasteiger partial charge in [-0.2, -0.15) is 4.98 Å². The van der Waals surface area contributed by atoms with Gasteiger partial charge < -0.3 is 14.5 Å². The van der Waals surface area contributed by atoms with Crippen molar-refractivity contribution < 1.29 is 9.15 Å². The van der Waals surface area contributed by atoms with Gasteiger partial charge in [-0.05, 0) is 31.9 Å². The minimum atomic E-state index is 0.263. The molecule has 1 aliphatic rings. The van der Waals surface area contributed by atoms with Gasteiger partial charge in [-0.1, -0.05) is 0 Å². The maximum absolute atomic E-state index is 5.54. The predicted octanol–water partition coefficient (Wildman–Crippen LogP) is 2.42. The molecule has 0 bridgehead atoms. The summed E-state index contributed by atoms with van der Waals surface area (Å²) in [6.07, 6.45) is 6.13. The SMILES string of the molecule is Cc1ncccc1Oc1nc(CNC2CC2)co1. The number of aromatic nitrogens is 2.